The Hall–Kier alpha value is -2.76. The van der Waals surface area contributed by atoms with Crippen molar-refractivity contribution in [3.8, 4) is 5.75 Å². The summed E-state index contributed by atoms with van der Waals surface area (Å²) in [7, 11) is 1.65. The number of rotatable bonds is 5. The van der Waals surface area contributed by atoms with Gasteiger partial charge in [0.25, 0.3) is 0 Å². The summed E-state index contributed by atoms with van der Waals surface area (Å²) in [6, 6.07) is 12.9. The number of ether oxygens (including phenoxy) is 1. The van der Waals surface area contributed by atoms with Gasteiger partial charge < -0.3 is 19.9 Å². The van der Waals surface area contributed by atoms with Gasteiger partial charge in [-0.05, 0) is 48.9 Å². The van der Waals surface area contributed by atoms with Crippen molar-refractivity contribution in [3.63, 3.8) is 0 Å². The first-order chi connectivity index (χ1) is 12.6. The molecule has 1 aliphatic rings. The van der Waals surface area contributed by atoms with Crippen LogP contribution >= 0.6 is 0 Å². The van der Waals surface area contributed by atoms with Crippen molar-refractivity contribution in [2.45, 2.75) is 6.92 Å². The van der Waals surface area contributed by atoms with Gasteiger partial charge in [-0.3, -0.25) is 4.79 Å². The van der Waals surface area contributed by atoms with E-state index >= 15 is 0 Å². The van der Waals surface area contributed by atoms with Crippen LogP contribution < -0.4 is 15.0 Å². The third-order valence-electron chi connectivity index (χ3n) is 4.62. The molecule has 2 aromatic carbocycles. The third kappa shape index (κ3) is 4.25. The van der Waals surface area contributed by atoms with Crippen LogP contribution in [0, 0.1) is 12.7 Å². The first-order valence-corrected chi connectivity index (χ1v) is 8.73. The zero-order chi connectivity index (χ0) is 18.5. The first kappa shape index (κ1) is 18.0. The number of carbonyl (C=O) groups excluding carboxylic acids is 1. The maximum atomic E-state index is 13.8. The summed E-state index contributed by atoms with van der Waals surface area (Å²) in [4.78, 5) is 16.4. The zero-order valence-electron chi connectivity index (χ0n) is 15.2. The van der Waals surface area contributed by atoms with E-state index in [-0.39, 0.29) is 18.3 Å². The van der Waals surface area contributed by atoms with E-state index in [9.17, 15) is 9.18 Å². The van der Waals surface area contributed by atoms with Crippen molar-refractivity contribution in [1.29, 1.82) is 0 Å². The third-order valence-corrected chi connectivity index (χ3v) is 4.62. The molecule has 1 aliphatic heterocycles. The van der Waals surface area contributed by atoms with Crippen LogP contribution in [-0.2, 0) is 4.79 Å². The van der Waals surface area contributed by atoms with Gasteiger partial charge in [-0.15, -0.1) is 0 Å². The van der Waals surface area contributed by atoms with E-state index in [1.54, 1.807) is 13.2 Å². The molecule has 1 amide bonds. The van der Waals surface area contributed by atoms with Crippen LogP contribution in [0.15, 0.2) is 42.5 Å². The Morgan fingerprint density at radius 3 is 2.42 bits per heavy atom. The molecule has 0 radical (unpaired) electrons. The number of hydrogen-bond donors (Lipinski definition) is 1. The quantitative estimate of drug-likeness (QED) is 0.894. The van der Waals surface area contributed by atoms with E-state index < -0.39 is 0 Å². The van der Waals surface area contributed by atoms with Crippen LogP contribution in [0.3, 0.4) is 0 Å². The van der Waals surface area contributed by atoms with Crippen LogP contribution in [0.5, 0.6) is 5.75 Å². The molecule has 26 heavy (non-hydrogen) atoms. The van der Waals surface area contributed by atoms with Gasteiger partial charge in [-0.25, -0.2) is 4.39 Å². The smallest absolute Gasteiger partial charge is 0.241 e. The molecule has 0 bridgehead atoms. The van der Waals surface area contributed by atoms with Gasteiger partial charge in [0.05, 0.1) is 19.3 Å². The summed E-state index contributed by atoms with van der Waals surface area (Å²) in [6.45, 7) is 4.79. The number of methoxy groups -OCH3 is 1. The Balaban J connectivity index is 1.50. The molecule has 1 N–H and O–H groups in total. The van der Waals surface area contributed by atoms with E-state index in [1.165, 1.54) is 6.07 Å². The number of halogens is 1. The number of anilines is 2. The first-order valence-electron chi connectivity index (χ1n) is 8.73. The molecule has 2 aromatic rings. The second-order valence-electron chi connectivity index (χ2n) is 6.40. The average Bonchev–Trinajstić information content (AvgIpc) is 2.67. The standard InChI is InChI=1S/C20H24FN3O2/c1-15-3-8-19(18(21)13-15)22-14-20(25)24-11-9-23(10-12-24)16-4-6-17(26-2)7-5-16/h3-8,13,22H,9-12,14H2,1-2H3. The average molecular weight is 357 g/mol. The van der Waals surface area contributed by atoms with Gasteiger partial charge in [0.2, 0.25) is 5.91 Å². The SMILES string of the molecule is COc1ccc(N2CCN(C(=O)CNc3ccc(C)cc3F)CC2)cc1. The van der Waals surface area contributed by atoms with Crippen molar-refractivity contribution in [1.82, 2.24) is 4.90 Å². The summed E-state index contributed by atoms with van der Waals surface area (Å²) in [6.07, 6.45) is 0. The van der Waals surface area contributed by atoms with Crippen molar-refractivity contribution < 1.29 is 13.9 Å². The summed E-state index contributed by atoms with van der Waals surface area (Å²) >= 11 is 0. The van der Waals surface area contributed by atoms with Crippen molar-refractivity contribution in [2.75, 3.05) is 50.1 Å². The van der Waals surface area contributed by atoms with Crippen molar-refractivity contribution >= 4 is 17.3 Å². The molecule has 0 spiro atoms. The van der Waals surface area contributed by atoms with E-state index in [4.69, 9.17) is 4.74 Å². The predicted molar refractivity (Wildman–Crippen MR) is 101 cm³/mol. The fourth-order valence-corrected chi connectivity index (χ4v) is 3.05. The molecule has 0 aromatic heterocycles. The maximum Gasteiger partial charge on any atom is 0.241 e. The van der Waals surface area contributed by atoms with Gasteiger partial charge >= 0.3 is 0 Å². The zero-order valence-corrected chi connectivity index (χ0v) is 15.2. The number of amides is 1. The Morgan fingerprint density at radius 2 is 1.81 bits per heavy atom. The highest BCUT2D eigenvalue weighted by Gasteiger charge is 2.21. The number of hydrogen-bond acceptors (Lipinski definition) is 4. The molecule has 0 aliphatic carbocycles. The highest BCUT2D eigenvalue weighted by Crippen LogP contribution is 2.20. The largest absolute Gasteiger partial charge is 0.497 e. The van der Waals surface area contributed by atoms with Gasteiger partial charge in [0, 0.05) is 31.9 Å². The molecule has 0 atom stereocenters. The highest BCUT2D eigenvalue weighted by molar-refractivity contribution is 5.81. The predicted octanol–water partition coefficient (Wildman–Crippen LogP) is 2.90. The van der Waals surface area contributed by atoms with Gasteiger partial charge in [-0.2, -0.15) is 0 Å². The minimum Gasteiger partial charge on any atom is -0.497 e. The Kier molecular flexibility index (Phi) is 5.61. The molecular weight excluding hydrogens is 333 g/mol. The minimum atomic E-state index is -0.331. The number of carbonyl (C=O) groups is 1. The topological polar surface area (TPSA) is 44.8 Å². The lowest BCUT2D eigenvalue weighted by atomic mass is 10.2. The van der Waals surface area contributed by atoms with E-state index in [1.807, 2.05) is 42.2 Å². The number of piperazine rings is 1. The summed E-state index contributed by atoms with van der Waals surface area (Å²) in [5, 5.41) is 2.90. The molecule has 6 heteroatoms. The number of benzene rings is 2. The monoisotopic (exact) mass is 357 g/mol. The normalized spacial score (nSPS) is 14.3. The molecular formula is C20H24FN3O2. The van der Waals surface area contributed by atoms with Crippen LogP contribution in [-0.4, -0.2) is 50.6 Å². The lowest BCUT2D eigenvalue weighted by Gasteiger charge is -2.36. The molecule has 138 valence electrons. The maximum absolute atomic E-state index is 13.8. The lowest BCUT2D eigenvalue weighted by molar-refractivity contribution is -0.129. The molecule has 0 saturated carbocycles. The Bertz CT molecular complexity index is 756. The molecule has 1 fully saturated rings. The summed E-state index contributed by atoms with van der Waals surface area (Å²) < 4.78 is 19.0. The van der Waals surface area contributed by atoms with Gasteiger partial charge in [-0.1, -0.05) is 6.07 Å². The number of nitrogens with one attached hydrogen (secondary N) is 1. The summed E-state index contributed by atoms with van der Waals surface area (Å²) in [5.74, 6) is 0.485. The second kappa shape index (κ2) is 8.08. The van der Waals surface area contributed by atoms with E-state index in [0.717, 1.165) is 30.1 Å². The Labute approximate surface area is 153 Å². The van der Waals surface area contributed by atoms with Crippen LogP contribution in [0.2, 0.25) is 0 Å². The van der Waals surface area contributed by atoms with Crippen LogP contribution in [0.4, 0.5) is 15.8 Å². The lowest BCUT2D eigenvalue weighted by Crippen LogP contribution is -2.50. The van der Waals surface area contributed by atoms with Crippen LogP contribution in [0.25, 0.3) is 0 Å². The fourth-order valence-electron chi connectivity index (χ4n) is 3.05. The van der Waals surface area contributed by atoms with Gasteiger partial charge in [0.1, 0.15) is 11.6 Å². The molecule has 0 unspecified atom stereocenters. The fraction of sp³-hybridized carbons (Fsp3) is 0.350. The summed E-state index contributed by atoms with van der Waals surface area (Å²) in [5.41, 5.74) is 2.34. The molecule has 5 nitrogen and oxygen atoms in total. The molecule has 1 saturated heterocycles. The van der Waals surface area contributed by atoms with Crippen molar-refractivity contribution in [2.24, 2.45) is 0 Å². The van der Waals surface area contributed by atoms with Crippen molar-refractivity contribution in [3.05, 3.63) is 53.8 Å². The molecule has 3 rings (SSSR count). The second-order valence-corrected chi connectivity index (χ2v) is 6.40. The highest BCUT2D eigenvalue weighted by atomic mass is 19.1. The Morgan fingerprint density at radius 1 is 1.12 bits per heavy atom. The number of aryl methyl sites for hydroxylation is 1. The number of nitrogens with zero attached hydrogens (tertiary/aromatic N) is 2. The minimum absolute atomic E-state index is 0.0145. The van der Waals surface area contributed by atoms with E-state index in [0.29, 0.717) is 18.8 Å². The molecule has 1 heterocycles. The van der Waals surface area contributed by atoms with Crippen LogP contribution in [0.1, 0.15) is 5.56 Å². The van der Waals surface area contributed by atoms with E-state index in [2.05, 4.69) is 10.2 Å². The van der Waals surface area contributed by atoms with Gasteiger partial charge in [0.15, 0.2) is 0 Å².